The van der Waals surface area contributed by atoms with Gasteiger partial charge >= 0.3 is 0 Å². The first-order valence-electron chi connectivity index (χ1n) is 11.5. The quantitative estimate of drug-likeness (QED) is 0.315. The lowest BCUT2D eigenvalue weighted by molar-refractivity contribution is 0.256. The highest BCUT2D eigenvalue weighted by Gasteiger charge is 2.29. The van der Waals surface area contributed by atoms with Crippen LogP contribution in [0, 0.1) is 0 Å². The van der Waals surface area contributed by atoms with Crippen molar-refractivity contribution < 1.29 is 22.7 Å². The summed E-state index contributed by atoms with van der Waals surface area (Å²) in [5.41, 5.74) is 4.12. The molecular weight excluding hydrogens is 464 g/mol. The van der Waals surface area contributed by atoms with E-state index in [4.69, 9.17) is 9.15 Å². The second-order valence-electron chi connectivity index (χ2n) is 8.77. The fraction of sp³-hybridized carbons (Fsp3) is 0.185. The van der Waals surface area contributed by atoms with Gasteiger partial charge in [0.15, 0.2) is 0 Å². The largest absolute Gasteiger partial charge is 0.492 e. The Morgan fingerprint density at radius 3 is 2.74 bits per heavy atom. The van der Waals surface area contributed by atoms with E-state index in [0.717, 1.165) is 33.0 Å². The molecule has 6 rings (SSSR count). The number of hydrogen-bond donors (Lipinski definition) is 3. The molecule has 0 spiro atoms. The zero-order chi connectivity index (χ0) is 24.0. The van der Waals surface area contributed by atoms with Crippen LogP contribution in [0.4, 0.5) is 0 Å². The third-order valence-electron chi connectivity index (χ3n) is 6.43. The van der Waals surface area contributed by atoms with E-state index in [-0.39, 0.29) is 11.5 Å². The Kier molecular flexibility index (Phi) is 5.36. The van der Waals surface area contributed by atoms with Crippen LogP contribution < -0.4 is 9.46 Å². The van der Waals surface area contributed by atoms with E-state index in [1.807, 2.05) is 66.9 Å². The third-order valence-corrected chi connectivity index (χ3v) is 7.96. The molecule has 7 nitrogen and oxygen atoms in total. The van der Waals surface area contributed by atoms with Crippen molar-refractivity contribution in [3.63, 3.8) is 0 Å². The SMILES string of the molecule is O=S(=O)(N[C@@H](CO)Cc1c[nH]c2ccccc12)c1cc(-c2cc3ccccc3o2)cc2c1OCC2. The molecule has 35 heavy (non-hydrogen) atoms. The topological polar surface area (TPSA) is 105 Å². The minimum Gasteiger partial charge on any atom is -0.492 e. The van der Waals surface area contributed by atoms with Gasteiger partial charge in [0.25, 0.3) is 0 Å². The van der Waals surface area contributed by atoms with Crippen LogP contribution in [-0.2, 0) is 22.9 Å². The summed E-state index contributed by atoms with van der Waals surface area (Å²) in [6, 6.07) is 20.2. The van der Waals surface area contributed by atoms with Crippen molar-refractivity contribution in [1.82, 2.24) is 9.71 Å². The molecule has 0 amide bonds. The molecule has 0 aliphatic carbocycles. The van der Waals surface area contributed by atoms with Gasteiger partial charge in [-0.15, -0.1) is 0 Å². The van der Waals surface area contributed by atoms with Crippen molar-refractivity contribution in [2.45, 2.75) is 23.8 Å². The van der Waals surface area contributed by atoms with Crippen LogP contribution in [0.1, 0.15) is 11.1 Å². The lowest BCUT2D eigenvalue weighted by Crippen LogP contribution is -2.39. The molecule has 2 aromatic heterocycles. The van der Waals surface area contributed by atoms with Crippen molar-refractivity contribution in [2.75, 3.05) is 13.2 Å². The van der Waals surface area contributed by atoms with Crippen molar-refractivity contribution in [3.05, 3.63) is 84.1 Å². The van der Waals surface area contributed by atoms with Crippen LogP contribution in [0.15, 0.2) is 82.2 Å². The zero-order valence-corrected chi connectivity index (χ0v) is 19.6. The molecule has 0 saturated carbocycles. The first-order valence-corrected chi connectivity index (χ1v) is 13.0. The third kappa shape index (κ3) is 3.99. The first kappa shape index (κ1) is 21.9. The second-order valence-corrected chi connectivity index (χ2v) is 10.5. The van der Waals surface area contributed by atoms with Gasteiger partial charge in [-0.2, -0.15) is 0 Å². The summed E-state index contributed by atoms with van der Waals surface area (Å²) in [5, 5.41) is 12.0. The molecule has 0 unspecified atom stereocenters. The van der Waals surface area contributed by atoms with E-state index in [0.29, 0.717) is 36.5 Å². The van der Waals surface area contributed by atoms with Crippen LogP contribution >= 0.6 is 0 Å². The highest BCUT2D eigenvalue weighted by Crippen LogP contribution is 2.39. The molecule has 3 N–H and O–H groups in total. The Balaban J connectivity index is 1.35. The van der Waals surface area contributed by atoms with E-state index in [9.17, 15) is 13.5 Å². The average Bonchev–Trinajstić information content (AvgIpc) is 3.60. The molecule has 5 aromatic rings. The van der Waals surface area contributed by atoms with Crippen molar-refractivity contribution in [3.8, 4) is 17.1 Å². The van der Waals surface area contributed by atoms with E-state index < -0.39 is 16.1 Å². The number of H-pyrrole nitrogens is 1. The number of aliphatic hydroxyl groups is 1. The molecule has 0 radical (unpaired) electrons. The maximum atomic E-state index is 13.6. The molecule has 3 heterocycles. The molecular formula is C27H24N2O5S. The van der Waals surface area contributed by atoms with Gasteiger partial charge in [-0.1, -0.05) is 36.4 Å². The summed E-state index contributed by atoms with van der Waals surface area (Å²) in [6.07, 6.45) is 2.81. The molecule has 1 aliphatic heterocycles. The lowest BCUT2D eigenvalue weighted by Gasteiger charge is -2.18. The van der Waals surface area contributed by atoms with Gasteiger partial charge in [0.2, 0.25) is 10.0 Å². The second kappa shape index (κ2) is 8.57. The van der Waals surface area contributed by atoms with Crippen LogP contribution in [0.25, 0.3) is 33.2 Å². The monoisotopic (exact) mass is 488 g/mol. The number of benzene rings is 3. The number of furan rings is 1. The number of sulfonamides is 1. The van der Waals surface area contributed by atoms with Crippen molar-refractivity contribution in [2.24, 2.45) is 0 Å². The summed E-state index contributed by atoms with van der Waals surface area (Å²) >= 11 is 0. The molecule has 0 saturated heterocycles. The molecule has 3 aromatic carbocycles. The van der Waals surface area contributed by atoms with Crippen LogP contribution in [0.5, 0.6) is 5.75 Å². The van der Waals surface area contributed by atoms with Crippen LogP contribution in [0.3, 0.4) is 0 Å². The number of ether oxygens (including phenoxy) is 1. The maximum Gasteiger partial charge on any atom is 0.244 e. The molecule has 0 bridgehead atoms. The van der Waals surface area contributed by atoms with Crippen molar-refractivity contribution in [1.29, 1.82) is 0 Å². The normalized spacial score (nSPS) is 14.3. The number of rotatable bonds is 7. The summed E-state index contributed by atoms with van der Waals surface area (Å²) < 4.78 is 41.6. The number of aromatic nitrogens is 1. The number of fused-ring (bicyclic) bond motifs is 3. The number of hydrogen-bond acceptors (Lipinski definition) is 5. The fourth-order valence-corrected chi connectivity index (χ4v) is 6.17. The minimum atomic E-state index is -4.00. The molecule has 1 atom stereocenters. The summed E-state index contributed by atoms with van der Waals surface area (Å²) in [5.74, 6) is 0.955. The number of aromatic amines is 1. The Labute approximate surface area is 202 Å². The van der Waals surface area contributed by atoms with Gasteiger partial charge in [-0.3, -0.25) is 0 Å². The Morgan fingerprint density at radius 1 is 1.06 bits per heavy atom. The average molecular weight is 489 g/mol. The highest BCUT2D eigenvalue weighted by atomic mass is 32.2. The number of nitrogens with one attached hydrogen (secondary N) is 2. The number of para-hydroxylation sites is 2. The van der Waals surface area contributed by atoms with Gasteiger partial charge < -0.3 is 19.2 Å². The van der Waals surface area contributed by atoms with Gasteiger partial charge in [-0.05, 0) is 47.9 Å². The lowest BCUT2D eigenvalue weighted by atomic mass is 10.1. The van der Waals surface area contributed by atoms with E-state index in [2.05, 4.69) is 9.71 Å². The maximum absolute atomic E-state index is 13.6. The smallest absolute Gasteiger partial charge is 0.244 e. The first-order chi connectivity index (χ1) is 17.0. The van der Waals surface area contributed by atoms with Crippen LogP contribution in [-0.4, -0.2) is 37.8 Å². The van der Waals surface area contributed by atoms with Crippen molar-refractivity contribution >= 4 is 31.9 Å². The molecule has 178 valence electrons. The minimum absolute atomic E-state index is 0.0559. The van der Waals surface area contributed by atoms with E-state index in [1.165, 1.54) is 0 Å². The predicted octanol–water partition coefficient (Wildman–Crippen LogP) is 4.40. The van der Waals surface area contributed by atoms with E-state index >= 15 is 0 Å². The fourth-order valence-electron chi connectivity index (χ4n) is 4.73. The molecule has 1 aliphatic rings. The number of aliphatic hydroxyl groups excluding tert-OH is 1. The van der Waals surface area contributed by atoms with Gasteiger partial charge in [0, 0.05) is 40.5 Å². The summed E-state index contributed by atoms with van der Waals surface area (Å²) in [7, 11) is -4.00. The Hall–Kier alpha value is -3.59. The van der Waals surface area contributed by atoms with Gasteiger partial charge in [0.1, 0.15) is 22.0 Å². The molecule has 8 heteroatoms. The van der Waals surface area contributed by atoms with Gasteiger partial charge in [-0.25, -0.2) is 13.1 Å². The Morgan fingerprint density at radius 2 is 1.89 bits per heavy atom. The highest BCUT2D eigenvalue weighted by molar-refractivity contribution is 7.89. The zero-order valence-electron chi connectivity index (χ0n) is 18.8. The summed E-state index contributed by atoms with van der Waals surface area (Å²) in [4.78, 5) is 3.25. The van der Waals surface area contributed by atoms with E-state index in [1.54, 1.807) is 6.07 Å². The summed E-state index contributed by atoms with van der Waals surface area (Å²) in [6.45, 7) is 0.0747. The molecule has 0 fully saturated rings. The van der Waals surface area contributed by atoms with Crippen LogP contribution in [0.2, 0.25) is 0 Å². The standard InChI is InChI=1S/C27H24N2O5S/c30-16-21(12-20-15-28-23-7-3-2-6-22(20)23)29-35(31,32)26-14-19(11-18-9-10-33-27(18)26)25-13-17-5-1-4-8-24(17)34-25/h1-8,11,13-15,21,28-30H,9-10,12,16H2/t21-/m1/s1. The Bertz CT molecular complexity index is 1620. The van der Waals surface area contributed by atoms with Gasteiger partial charge in [0.05, 0.1) is 13.2 Å². The predicted molar refractivity (Wildman–Crippen MR) is 134 cm³/mol.